The lowest BCUT2D eigenvalue weighted by Gasteiger charge is -2.32. The monoisotopic (exact) mass is 213 g/mol. The van der Waals surface area contributed by atoms with Gasteiger partial charge in [0.05, 0.1) is 4.87 Å². The Hall–Kier alpha value is 0.310. The van der Waals surface area contributed by atoms with Crippen LogP contribution in [0.2, 0.25) is 0 Å². The first-order valence-electron chi connectivity index (χ1n) is 5.68. The Kier molecular flexibility index (Phi) is 2.25. The largest absolute Gasteiger partial charge is 0.297 e. The van der Waals surface area contributed by atoms with Crippen molar-refractivity contribution in [2.24, 2.45) is 11.3 Å². The Morgan fingerprint density at radius 2 is 1.86 bits per heavy atom. The smallest absolute Gasteiger partial charge is 0.0681 e. The van der Waals surface area contributed by atoms with E-state index in [2.05, 4.69) is 51.7 Å². The topological polar surface area (TPSA) is 12.0 Å². The lowest BCUT2D eigenvalue weighted by Crippen LogP contribution is -2.48. The number of nitrogens with one attached hydrogen (secondary N) is 1. The second-order valence-corrected chi connectivity index (χ2v) is 7.94. The van der Waals surface area contributed by atoms with E-state index in [9.17, 15) is 0 Å². The fourth-order valence-corrected chi connectivity index (χ4v) is 5.17. The van der Waals surface area contributed by atoms with Gasteiger partial charge in [-0.2, -0.15) is 0 Å². The van der Waals surface area contributed by atoms with E-state index in [0.717, 1.165) is 5.92 Å². The van der Waals surface area contributed by atoms with Crippen LogP contribution in [0.4, 0.5) is 0 Å². The Balaban J connectivity index is 2.19. The fraction of sp³-hybridized carbons (Fsp3) is 1.00. The summed E-state index contributed by atoms with van der Waals surface area (Å²) in [5.41, 5.74) is 0.860. The van der Waals surface area contributed by atoms with Crippen LogP contribution in [0.5, 0.6) is 0 Å². The summed E-state index contributed by atoms with van der Waals surface area (Å²) in [4.78, 5) is 0.382. The maximum Gasteiger partial charge on any atom is 0.0681 e. The van der Waals surface area contributed by atoms with E-state index in [1.165, 1.54) is 18.6 Å². The van der Waals surface area contributed by atoms with Gasteiger partial charge in [0.2, 0.25) is 0 Å². The zero-order valence-corrected chi connectivity index (χ0v) is 10.9. The average molecular weight is 213 g/mol. The van der Waals surface area contributed by atoms with Crippen molar-refractivity contribution < 1.29 is 0 Å². The van der Waals surface area contributed by atoms with Crippen LogP contribution in [0.3, 0.4) is 0 Å². The van der Waals surface area contributed by atoms with Gasteiger partial charge < -0.3 is 0 Å². The lowest BCUT2D eigenvalue weighted by atomic mass is 9.91. The fourth-order valence-electron chi connectivity index (χ4n) is 3.27. The third-order valence-corrected chi connectivity index (χ3v) is 5.67. The van der Waals surface area contributed by atoms with E-state index in [0.29, 0.717) is 15.8 Å². The van der Waals surface area contributed by atoms with Crippen LogP contribution in [-0.4, -0.2) is 16.2 Å². The van der Waals surface area contributed by atoms with Crippen LogP contribution in [0.25, 0.3) is 0 Å². The molecule has 1 saturated carbocycles. The van der Waals surface area contributed by atoms with Gasteiger partial charge in [-0.05, 0) is 38.0 Å². The molecule has 0 amide bonds. The van der Waals surface area contributed by atoms with Crippen molar-refractivity contribution in [3.05, 3.63) is 0 Å². The maximum atomic E-state index is 3.87. The van der Waals surface area contributed by atoms with E-state index in [4.69, 9.17) is 0 Å². The van der Waals surface area contributed by atoms with Crippen LogP contribution in [-0.2, 0) is 0 Å². The van der Waals surface area contributed by atoms with E-state index in [1.54, 1.807) is 0 Å². The first-order valence-corrected chi connectivity index (χ1v) is 6.67. The van der Waals surface area contributed by atoms with Gasteiger partial charge in [-0.25, -0.2) is 0 Å². The van der Waals surface area contributed by atoms with Crippen molar-refractivity contribution in [2.75, 3.05) is 5.75 Å². The molecular weight excluding hydrogens is 190 g/mol. The lowest BCUT2D eigenvalue weighted by molar-refractivity contribution is 0.308. The standard InChI is InChI=1S/C12H23NS/c1-9-6-10(2,3)7-12(9)13-11(4,5)8-14-12/h9,13H,6-8H2,1-5H3. The quantitative estimate of drug-likeness (QED) is 0.663. The molecule has 0 aromatic heterocycles. The molecule has 1 nitrogen and oxygen atoms in total. The van der Waals surface area contributed by atoms with Gasteiger partial charge in [0.15, 0.2) is 0 Å². The minimum absolute atomic E-state index is 0.333. The first-order chi connectivity index (χ1) is 6.25. The number of thioether (sulfide) groups is 1. The second kappa shape index (κ2) is 2.91. The van der Waals surface area contributed by atoms with Crippen LogP contribution in [0, 0.1) is 11.3 Å². The summed E-state index contributed by atoms with van der Waals surface area (Å²) in [5, 5.41) is 3.87. The summed E-state index contributed by atoms with van der Waals surface area (Å²) in [6.07, 6.45) is 2.69. The molecule has 1 spiro atoms. The van der Waals surface area contributed by atoms with Crippen LogP contribution >= 0.6 is 11.8 Å². The van der Waals surface area contributed by atoms with Crippen molar-refractivity contribution in [1.29, 1.82) is 0 Å². The molecule has 2 rings (SSSR count). The van der Waals surface area contributed by atoms with Crippen molar-refractivity contribution in [2.45, 2.75) is 57.9 Å². The average Bonchev–Trinajstić information content (AvgIpc) is 2.34. The molecule has 2 unspecified atom stereocenters. The number of rotatable bonds is 0. The zero-order chi connectivity index (χ0) is 10.6. The van der Waals surface area contributed by atoms with Crippen molar-refractivity contribution in [1.82, 2.24) is 5.32 Å². The van der Waals surface area contributed by atoms with Gasteiger partial charge in [0, 0.05) is 11.3 Å². The third-order valence-electron chi connectivity index (χ3n) is 3.64. The molecule has 2 aliphatic rings. The van der Waals surface area contributed by atoms with Crippen LogP contribution < -0.4 is 5.32 Å². The first kappa shape index (κ1) is 10.8. The van der Waals surface area contributed by atoms with Crippen LogP contribution in [0.1, 0.15) is 47.5 Å². The predicted molar refractivity (Wildman–Crippen MR) is 64.6 cm³/mol. The molecule has 2 heteroatoms. The van der Waals surface area contributed by atoms with Crippen LogP contribution in [0.15, 0.2) is 0 Å². The van der Waals surface area contributed by atoms with Crippen molar-refractivity contribution in [3.63, 3.8) is 0 Å². The minimum Gasteiger partial charge on any atom is -0.297 e. The summed E-state index contributed by atoms with van der Waals surface area (Å²) in [6.45, 7) is 11.9. The molecule has 82 valence electrons. The Bertz CT molecular complexity index is 243. The SMILES string of the molecule is CC1CC(C)(C)CC12NC(C)(C)CS2. The molecule has 1 aliphatic heterocycles. The molecule has 0 radical (unpaired) electrons. The van der Waals surface area contributed by atoms with Gasteiger partial charge in [0.1, 0.15) is 0 Å². The zero-order valence-electron chi connectivity index (χ0n) is 10.1. The van der Waals surface area contributed by atoms with Gasteiger partial charge >= 0.3 is 0 Å². The highest BCUT2D eigenvalue weighted by atomic mass is 32.2. The van der Waals surface area contributed by atoms with E-state index in [-0.39, 0.29) is 0 Å². The highest BCUT2D eigenvalue weighted by molar-refractivity contribution is 8.01. The van der Waals surface area contributed by atoms with Gasteiger partial charge in [-0.3, -0.25) is 5.32 Å². The Labute approximate surface area is 92.4 Å². The molecule has 1 aliphatic carbocycles. The maximum absolute atomic E-state index is 3.87. The summed E-state index contributed by atoms with van der Waals surface area (Å²) in [5.74, 6) is 2.07. The molecule has 1 saturated heterocycles. The molecule has 0 aromatic rings. The predicted octanol–water partition coefficient (Wildman–Crippen LogP) is 3.25. The highest BCUT2D eigenvalue weighted by Crippen LogP contribution is 2.56. The normalized spacial score (nSPS) is 44.8. The van der Waals surface area contributed by atoms with E-state index < -0.39 is 0 Å². The van der Waals surface area contributed by atoms with Gasteiger partial charge in [-0.15, -0.1) is 11.8 Å². The van der Waals surface area contributed by atoms with E-state index in [1.807, 2.05) is 0 Å². The van der Waals surface area contributed by atoms with E-state index >= 15 is 0 Å². The molecule has 2 fully saturated rings. The van der Waals surface area contributed by atoms with Crippen molar-refractivity contribution in [3.8, 4) is 0 Å². The highest BCUT2D eigenvalue weighted by Gasteiger charge is 2.54. The van der Waals surface area contributed by atoms with Crippen molar-refractivity contribution >= 4 is 11.8 Å². The number of hydrogen-bond acceptors (Lipinski definition) is 2. The molecule has 1 heterocycles. The summed E-state index contributed by atoms with van der Waals surface area (Å²) < 4.78 is 0. The molecule has 0 bridgehead atoms. The molecular formula is C12H23NS. The molecule has 14 heavy (non-hydrogen) atoms. The second-order valence-electron chi connectivity index (χ2n) is 6.63. The third kappa shape index (κ3) is 1.71. The number of hydrogen-bond donors (Lipinski definition) is 1. The summed E-state index contributed by atoms with van der Waals surface area (Å²) in [7, 11) is 0. The minimum atomic E-state index is 0.333. The van der Waals surface area contributed by atoms with Gasteiger partial charge in [-0.1, -0.05) is 20.8 Å². The molecule has 1 N–H and O–H groups in total. The Morgan fingerprint density at radius 3 is 2.21 bits per heavy atom. The summed E-state index contributed by atoms with van der Waals surface area (Å²) >= 11 is 2.16. The molecule has 2 atom stereocenters. The molecule has 0 aromatic carbocycles. The Morgan fingerprint density at radius 1 is 1.21 bits per heavy atom. The summed E-state index contributed by atoms with van der Waals surface area (Å²) in [6, 6.07) is 0. The van der Waals surface area contributed by atoms with Gasteiger partial charge in [0.25, 0.3) is 0 Å².